The third kappa shape index (κ3) is 3.35. The summed E-state index contributed by atoms with van der Waals surface area (Å²) in [6.45, 7) is 4.44. The maximum absolute atomic E-state index is 12.6. The Hall–Kier alpha value is -1.35. The number of nitrogens with zero attached hydrogens (tertiary/aromatic N) is 1. The summed E-state index contributed by atoms with van der Waals surface area (Å²) in [7, 11) is -3.55. The van der Waals surface area contributed by atoms with Crippen LogP contribution in [-0.4, -0.2) is 25.8 Å². The summed E-state index contributed by atoms with van der Waals surface area (Å²) < 4.78 is 26.5. The van der Waals surface area contributed by atoms with Gasteiger partial charge in [0.05, 0.1) is 11.4 Å². The number of sulfonamides is 1. The lowest BCUT2D eigenvalue weighted by Gasteiger charge is -2.20. The summed E-state index contributed by atoms with van der Waals surface area (Å²) in [5.41, 5.74) is 7.16. The van der Waals surface area contributed by atoms with Crippen LogP contribution in [0.4, 0.5) is 0 Å². The fraction of sp³-hybridized carbons (Fsp3) is 0.429. The summed E-state index contributed by atoms with van der Waals surface area (Å²) in [5, 5.41) is 0. The van der Waals surface area contributed by atoms with Gasteiger partial charge in [-0.15, -0.1) is 6.42 Å². The molecule has 0 aliphatic carbocycles. The first-order chi connectivity index (χ1) is 9.01. The van der Waals surface area contributed by atoms with Gasteiger partial charge in [-0.05, 0) is 23.6 Å². The van der Waals surface area contributed by atoms with Crippen molar-refractivity contribution < 1.29 is 8.42 Å². The zero-order valence-electron chi connectivity index (χ0n) is 11.4. The van der Waals surface area contributed by atoms with Gasteiger partial charge in [0.1, 0.15) is 0 Å². The summed E-state index contributed by atoms with van der Waals surface area (Å²) in [5.74, 6) is 2.38. The van der Waals surface area contributed by atoms with E-state index in [1.165, 1.54) is 4.31 Å². The molecular formula is C14H20N2O2S. The van der Waals surface area contributed by atoms with Gasteiger partial charge in [-0.25, -0.2) is 8.42 Å². The van der Waals surface area contributed by atoms with Crippen LogP contribution in [0.25, 0.3) is 0 Å². The van der Waals surface area contributed by atoms with Gasteiger partial charge in [-0.1, -0.05) is 31.9 Å². The zero-order valence-corrected chi connectivity index (χ0v) is 12.2. The Kier molecular flexibility index (Phi) is 5.55. The van der Waals surface area contributed by atoms with Crippen molar-refractivity contribution in [3.8, 4) is 12.3 Å². The van der Waals surface area contributed by atoms with Crippen molar-refractivity contribution in [1.82, 2.24) is 4.31 Å². The Morgan fingerprint density at radius 1 is 1.37 bits per heavy atom. The number of hydrogen-bond acceptors (Lipinski definition) is 3. The molecule has 0 unspecified atom stereocenters. The second-order valence-electron chi connectivity index (χ2n) is 4.14. The minimum absolute atomic E-state index is 0.0782. The van der Waals surface area contributed by atoms with Crippen LogP contribution >= 0.6 is 0 Å². The SMILES string of the molecule is C#CCN(CC)S(=O)(=O)c1cc(CN)ccc1CC. The molecule has 0 aliphatic rings. The van der Waals surface area contributed by atoms with Crippen molar-refractivity contribution in [1.29, 1.82) is 0 Å². The fourth-order valence-corrected chi connectivity index (χ4v) is 3.57. The van der Waals surface area contributed by atoms with E-state index in [1.54, 1.807) is 13.0 Å². The van der Waals surface area contributed by atoms with Crippen molar-refractivity contribution in [2.24, 2.45) is 5.73 Å². The van der Waals surface area contributed by atoms with Gasteiger partial charge in [0.2, 0.25) is 10.0 Å². The first kappa shape index (κ1) is 15.7. The Bertz CT molecular complexity index is 574. The van der Waals surface area contributed by atoms with Gasteiger partial charge in [0, 0.05) is 13.1 Å². The van der Waals surface area contributed by atoms with E-state index in [1.807, 2.05) is 19.1 Å². The molecule has 0 aliphatic heterocycles. The molecule has 5 heteroatoms. The van der Waals surface area contributed by atoms with Crippen LogP contribution in [0.15, 0.2) is 23.1 Å². The molecule has 4 nitrogen and oxygen atoms in total. The summed E-state index contributed by atoms with van der Waals surface area (Å²) in [4.78, 5) is 0.315. The molecule has 0 fully saturated rings. The Balaban J connectivity index is 3.37. The van der Waals surface area contributed by atoms with Gasteiger partial charge in [-0.2, -0.15) is 4.31 Å². The predicted octanol–water partition coefficient (Wildman–Crippen LogP) is 1.35. The van der Waals surface area contributed by atoms with E-state index < -0.39 is 10.0 Å². The minimum atomic E-state index is -3.55. The average molecular weight is 280 g/mol. The molecule has 104 valence electrons. The third-order valence-electron chi connectivity index (χ3n) is 2.99. The molecule has 1 rings (SSSR count). The first-order valence-corrected chi connectivity index (χ1v) is 7.70. The topological polar surface area (TPSA) is 63.4 Å². The normalized spacial score (nSPS) is 11.5. The van der Waals surface area contributed by atoms with Crippen LogP contribution in [0.3, 0.4) is 0 Å². The number of benzene rings is 1. The molecule has 0 spiro atoms. The minimum Gasteiger partial charge on any atom is -0.326 e. The fourth-order valence-electron chi connectivity index (χ4n) is 1.87. The molecule has 0 atom stereocenters. The lowest BCUT2D eigenvalue weighted by atomic mass is 10.1. The molecule has 0 saturated heterocycles. The van der Waals surface area contributed by atoms with Crippen LogP contribution in [0.1, 0.15) is 25.0 Å². The lowest BCUT2D eigenvalue weighted by molar-refractivity contribution is 0.463. The Morgan fingerprint density at radius 3 is 2.53 bits per heavy atom. The van der Waals surface area contributed by atoms with Crippen molar-refractivity contribution in [2.45, 2.75) is 31.7 Å². The Labute approximate surface area is 115 Å². The quantitative estimate of drug-likeness (QED) is 0.800. The predicted molar refractivity (Wildman–Crippen MR) is 77.0 cm³/mol. The zero-order chi connectivity index (χ0) is 14.5. The first-order valence-electron chi connectivity index (χ1n) is 6.26. The number of hydrogen-bond donors (Lipinski definition) is 1. The van der Waals surface area contributed by atoms with Crippen molar-refractivity contribution in [3.63, 3.8) is 0 Å². The van der Waals surface area contributed by atoms with Gasteiger partial charge in [-0.3, -0.25) is 0 Å². The highest BCUT2D eigenvalue weighted by Gasteiger charge is 2.24. The number of nitrogens with two attached hydrogens (primary N) is 1. The van der Waals surface area contributed by atoms with Gasteiger partial charge < -0.3 is 5.73 Å². The molecule has 0 heterocycles. The van der Waals surface area contributed by atoms with E-state index in [2.05, 4.69) is 5.92 Å². The Morgan fingerprint density at radius 2 is 2.05 bits per heavy atom. The molecule has 19 heavy (non-hydrogen) atoms. The second kappa shape index (κ2) is 6.71. The third-order valence-corrected chi connectivity index (χ3v) is 4.99. The van der Waals surface area contributed by atoms with Crippen LogP contribution in [0, 0.1) is 12.3 Å². The number of aryl methyl sites for hydroxylation is 1. The van der Waals surface area contributed by atoms with E-state index >= 15 is 0 Å². The highest BCUT2D eigenvalue weighted by molar-refractivity contribution is 7.89. The molecule has 0 bridgehead atoms. The van der Waals surface area contributed by atoms with Gasteiger partial charge >= 0.3 is 0 Å². The number of rotatable bonds is 6. The van der Waals surface area contributed by atoms with Gasteiger partial charge in [0.25, 0.3) is 0 Å². The van der Waals surface area contributed by atoms with E-state index in [9.17, 15) is 8.42 Å². The maximum Gasteiger partial charge on any atom is 0.244 e. The molecule has 1 aromatic rings. The van der Waals surface area contributed by atoms with Gasteiger partial charge in [0.15, 0.2) is 0 Å². The lowest BCUT2D eigenvalue weighted by Crippen LogP contribution is -2.32. The van der Waals surface area contributed by atoms with E-state index in [4.69, 9.17) is 12.2 Å². The standard InChI is InChI=1S/C14H20N2O2S/c1-4-9-16(6-3)19(17,18)14-10-12(11-15)7-8-13(14)5-2/h1,7-8,10H,5-6,9,11,15H2,2-3H3. The highest BCUT2D eigenvalue weighted by Crippen LogP contribution is 2.22. The number of terminal acetylenes is 1. The highest BCUT2D eigenvalue weighted by atomic mass is 32.2. The second-order valence-corrected chi connectivity index (χ2v) is 6.04. The molecular weight excluding hydrogens is 260 g/mol. The maximum atomic E-state index is 12.6. The smallest absolute Gasteiger partial charge is 0.244 e. The van der Waals surface area contributed by atoms with Crippen molar-refractivity contribution in [3.05, 3.63) is 29.3 Å². The molecule has 0 saturated carbocycles. The molecule has 0 amide bonds. The molecule has 1 aromatic carbocycles. The molecule has 0 aromatic heterocycles. The molecule has 2 N–H and O–H groups in total. The van der Waals surface area contributed by atoms with Crippen molar-refractivity contribution >= 4 is 10.0 Å². The van der Waals surface area contributed by atoms with Crippen LogP contribution in [-0.2, 0) is 23.0 Å². The summed E-state index contributed by atoms with van der Waals surface area (Å²) >= 11 is 0. The summed E-state index contributed by atoms with van der Waals surface area (Å²) in [6.07, 6.45) is 5.88. The van der Waals surface area contributed by atoms with E-state index in [0.717, 1.165) is 11.1 Å². The van der Waals surface area contributed by atoms with Crippen LogP contribution in [0.5, 0.6) is 0 Å². The van der Waals surface area contributed by atoms with E-state index in [-0.39, 0.29) is 6.54 Å². The van der Waals surface area contributed by atoms with Crippen LogP contribution < -0.4 is 5.73 Å². The largest absolute Gasteiger partial charge is 0.326 e. The monoisotopic (exact) mass is 280 g/mol. The average Bonchev–Trinajstić information content (AvgIpc) is 2.43. The summed E-state index contributed by atoms with van der Waals surface area (Å²) in [6, 6.07) is 5.32. The van der Waals surface area contributed by atoms with Crippen molar-refractivity contribution in [2.75, 3.05) is 13.1 Å². The van der Waals surface area contributed by atoms with Crippen LogP contribution in [0.2, 0.25) is 0 Å². The molecule has 0 radical (unpaired) electrons. The van der Waals surface area contributed by atoms with E-state index in [0.29, 0.717) is 24.4 Å².